The minimum atomic E-state index is -0.225. The van der Waals surface area contributed by atoms with Crippen LogP contribution in [0.15, 0.2) is 12.3 Å². The van der Waals surface area contributed by atoms with Crippen molar-refractivity contribution in [2.75, 3.05) is 16.8 Å². The van der Waals surface area contributed by atoms with Crippen molar-refractivity contribution in [3.05, 3.63) is 17.8 Å². The number of nitrogens with zero attached hydrogens (tertiary/aromatic N) is 2. The largest absolute Gasteiger partial charge is 0.370 e. The molecule has 1 aromatic heterocycles. The lowest BCUT2D eigenvalue weighted by Crippen LogP contribution is -2.31. The van der Waals surface area contributed by atoms with Crippen molar-refractivity contribution in [3.63, 3.8) is 0 Å². The van der Waals surface area contributed by atoms with Crippen molar-refractivity contribution in [1.29, 1.82) is 0 Å². The van der Waals surface area contributed by atoms with E-state index < -0.39 is 0 Å². The minimum Gasteiger partial charge on any atom is -0.370 e. The van der Waals surface area contributed by atoms with Crippen molar-refractivity contribution in [3.8, 4) is 0 Å². The van der Waals surface area contributed by atoms with Gasteiger partial charge in [-0.25, -0.2) is 0 Å². The summed E-state index contributed by atoms with van der Waals surface area (Å²) >= 11 is 0. The smallest absolute Gasteiger partial charge is 0.240 e. The van der Waals surface area contributed by atoms with Crippen molar-refractivity contribution >= 4 is 23.3 Å². The molecule has 3 rings (SSSR count). The highest BCUT2D eigenvalue weighted by Crippen LogP contribution is 2.30. The Balaban J connectivity index is 1.99. The summed E-state index contributed by atoms with van der Waals surface area (Å²) in [6.45, 7) is 0.914. The van der Waals surface area contributed by atoms with E-state index in [0.29, 0.717) is 5.82 Å². The van der Waals surface area contributed by atoms with E-state index in [0.717, 1.165) is 30.8 Å². The third-order valence-electron chi connectivity index (χ3n) is 2.98. The highest BCUT2D eigenvalue weighted by molar-refractivity contribution is 6.13. The molecular weight excluding hydrogens is 220 g/mol. The standard InChI is InChI=1S/C11H12N4O2/c16-7-3-5-15(9(17)6-7)11-8-2-1-4-12-10(8)13-14-11/h3,5H,1-2,4,6H2,(H2,12,13,14). The van der Waals surface area contributed by atoms with Crippen LogP contribution in [0.1, 0.15) is 18.4 Å². The van der Waals surface area contributed by atoms with Crippen LogP contribution < -0.4 is 10.2 Å². The van der Waals surface area contributed by atoms with Crippen LogP contribution in [0.25, 0.3) is 0 Å². The highest BCUT2D eigenvalue weighted by Gasteiger charge is 2.27. The molecule has 1 amide bonds. The van der Waals surface area contributed by atoms with Gasteiger partial charge in [0.2, 0.25) is 5.91 Å². The maximum Gasteiger partial charge on any atom is 0.240 e. The van der Waals surface area contributed by atoms with Crippen molar-refractivity contribution in [1.82, 2.24) is 10.2 Å². The van der Waals surface area contributed by atoms with Crippen LogP contribution in [-0.4, -0.2) is 28.4 Å². The highest BCUT2D eigenvalue weighted by atomic mass is 16.2. The zero-order chi connectivity index (χ0) is 11.8. The second-order valence-corrected chi connectivity index (χ2v) is 4.15. The molecule has 0 radical (unpaired) electrons. The molecule has 0 aromatic carbocycles. The predicted octanol–water partition coefficient (Wildman–Crippen LogP) is 0.587. The molecule has 0 fully saturated rings. The molecule has 0 unspecified atom stereocenters. The van der Waals surface area contributed by atoms with Gasteiger partial charge in [-0.05, 0) is 18.9 Å². The molecule has 6 nitrogen and oxygen atoms in total. The van der Waals surface area contributed by atoms with Crippen molar-refractivity contribution < 1.29 is 9.59 Å². The van der Waals surface area contributed by atoms with Crippen molar-refractivity contribution in [2.24, 2.45) is 0 Å². The Morgan fingerprint density at radius 3 is 3.06 bits per heavy atom. The second-order valence-electron chi connectivity index (χ2n) is 4.15. The number of rotatable bonds is 1. The number of carbonyl (C=O) groups is 2. The van der Waals surface area contributed by atoms with Gasteiger partial charge < -0.3 is 5.32 Å². The van der Waals surface area contributed by atoms with Crippen LogP contribution >= 0.6 is 0 Å². The first-order valence-electron chi connectivity index (χ1n) is 5.60. The fraction of sp³-hybridized carbons (Fsp3) is 0.364. The summed E-state index contributed by atoms with van der Waals surface area (Å²) in [5.74, 6) is 1.11. The lowest BCUT2D eigenvalue weighted by molar-refractivity contribution is -0.124. The number of fused-ring (bicyclic) bond motifs is 1. The van der Waals surface area contributed by atoms with Gasteiger partial charge in [-0.15, -0.1) is 0 Å². The molecule has 0 saturated carbocycles. The van der Waals surface area contributed by atoms with E-state index in [4.69, 9.17) is 0 Å². The van der Waals surface area contributed by atoms with Gasteiger partial charge in [0.05, 0.1) is 6.42 Å². The SMILES string of the molecule is O=C1C=CN(c2n[nH]c3c2CCCN3)C(=O)C1. The van der Waals surface area contributed by atoms with Crippen LogP contribution in [-0.2, 0) is 16.0 Å². The Morgan fingerprint density at radius 1 is 1.35 bits per heavy atom. The molecule has 0 bridgehead atoms. The summed E-state index contributed by atoms with van der Waals surface area (Å²) in [4.78, 5) is 24.3. The Kier molecular flexibility index (Phi) is 2.21. The zero-order valence-corrected chi connectivity index (χ0v) is 9.19. The molecule has 6 heteroatoms. The first-order chi connectivity index (χ1) is 8.25. The lowest BCUT2D eigenvalue weighted by Gasteiger charge is -2.21. The summed E-state index contributed by atoms with van der Waals surface area (Å²) in [5.41, 5.74) is 1.02. The van der Waals surface area contributed by atoms with Gasteiger partial charge >= 0.3 is 0 Å². The van der Waals surface area contributed by atoms with E-state index >= 15 is 0 Å². The predicted molar refractivity (Wildman–Crippen MR) is 61.6 cm³/mol. The molecule has 0 atom stereocenters. The Hall–Kier alpha value is -2.11. The monoisotopic (exact) mass is 232 g/mol. The van der Waals surface area contributed by atoms with Gasteiger partial charge in [0.25, 0.3) is 0 Å². The molecule has 3 heterocycles. The second kappa shape index (κ2) is 3.73. The van der Waals surface area contributed by atoms with Gasteiger partial charge in [0, 0.05) is 18.3 Å². The third-order valence-corrected chi connectivity index (χ3v) is 2.98. The number of ketones is 1. The summed E-state index contributed by atoms with van der Waals surface area (Å²) in [7, 11) is 0. The molecule has 0 saturated heterocycles. The molecule has 17 heavy (non-hydrogen) atoms. The number of allylic oxidation sites excluding steroid dienone is 1. The lowest BCUT2D eigenvalue weighted by atomic mass is 10.1. The zero-order valence-electron chi connectivity index (χ0n) is 9.19. The minimum absolute atomic E-state index is 0.0778. The van der Waals surface area contributed by atoms with Crippen LogP contribution in [0, 0.1) is 0 Å². The molecule has 88 valence electrons. The van der Waals surface area contributed by atoms with E-state index in [-0.39, 0.29) is 18.1 Å². The number of anilines is 2. The molecular formula is C11H12N4O2. The Bertz CT molecular complexity index is 518. The van der Waals surface area contributed by atoms with E-state index in [9.17, 15) is 9.59 Å². The summed E-state index contributed by atoms with van der Waals surface area (Å²) < 4.78 is 0. The third kappa shape index (κ3) is 1.61. The van der Waals surface area contributed by atoms with Crippen LogP contribution in [0.5, 0.6) is 0 Å². The molecule has 0 spiro atoms. The van der Waals surface area contributed by atoms with Gasteiger partial charge in [0.15, 0.2) is 11.6 Å². The van der Waals surface area contributed by atoms with Gasteiger partial charge in [0.1, 0.15) is 5.82 Å². The van der Waals surface area contributed by atoms with Gasteiger partial charge in [-0.2, -0.15) is 5.10 Å². The fourth-order valence-corrected chi connectivity index (χ4v) is 2.14. The summed E-state index contributed by atoms with van der Waals surface area (Å²) in [5, 5.41) is 10.2. The summed E-state index contributed by atoms with van der Waals surface area (Å²) in [6, 6.07) is 0. The topological polar surface area (TPSA) is 78.1 Å². The Labute approximate surface area is 97.7 Å². The molecule has 2 N–H and O–H groups in total. The fourth-order valence-electron chi connectivity index (χ4n) is 2.14. The number of hydrogen-bond acceptors (Lipinski definition) is 4. The number of carbonyl (C=O) groups excluding carboxylic acids is 2. The maximum absolute atomic E-state index is 11.8. The number of hydrogen-bond donors (Lipinski definition) is 2. The van der Waals surface area contributed by atoms with Crippen LogP contribution in [0.3, 0.4) is 0 Å². The quantitative estimate of drug-likeness (QED) is 0.694. The molecule has 2 aliphatic rings. The number of aromatic amines is 1. The number of aromatic nitrogens is 2. The number of amides is 1. The van der Waals surface area contributed by atoms with Gasteiger partial charge in [-0.3, -0.25) is 19.6 Å². The van der Waals surface area contributed by atoms with Crippen LogP contribution in [0.4, 0.5) is 11.6 Å². The normalized spacial score (nSPS) is 19.2. The maximum atomic E-state index is 11.8. The van der Waals surface area contributed by atoms with Gasteiger partial charge in [-0.1, -0.05) is 0 Å². The average molecular weight is 232 g/mol. The Morgan fingerprint density at radius 2 is 2.24 bits per heavy atom. The summed E-state index contributed by atoms with van der Waals surface area (Å²) in [6.07, 6.45) is 4.74. The number of nitrogens with one attached hydrogen (secondary N) is 2. The van der Waals surface area contributed by atoms with E-state index in [1.807, 2.05) is 0 Å². The van der Waals surface area contributed by atoms with Crippen LogP contribution in [0.2, 0.25) is 0 Å². The molecule has 0 aliphatic carbocycles. The van der Waals surface area contributed by atoms with Crippen molar-refractivity contribution in [2.45, 2.75) is 19.3 Å². The van der Waals surface area contributed by atoms with E-state index in [1.54, 1.807) is 0 Å². The van der Waals surface area contributed by atoms with E-state index in [1.165, 1.54) is 17.2 Å². The number of H-pyrrole nitrogens is 1. The molecule has 2 aliphatic heterocycles. The first-order valence-corrected chi connectivity index (χ1v) is 5.60. The molecule has 1 aromatic rings. The van der Waals surface area contributed by atoms with E-state index in [2.05, 4.69) is 15.5 Å². The first kappa shape index (κ1) is 10.1. The average Bonchev–Trinajstić information content (AvgIpc) is 2.73.